The zero-order chi connectivity index (χ0) is 14.4. The van der Waals surface area contributed by atoms with Crippen LogP contribution in [-0.2, 0) is 13.2 Å². The first kappa shape index (κ1) is 14.6. The summed E-state index contributed by atoms with van der Waals surface area (Å²) < 4.78 is 10.9. The second kappa shape index (κ2) is 7.10. The third kappa shape index (κ3) is 4.10. The Balaban J connectivity index is 1.86. The van der Waals surface area contributed by atoms with Crippen LogP contribution in [0.5, 0.6) is 5.75 Å². The molecule has 0 atom stereocenters. The Hall–Kier alpha value is -1.81. The van der Waals surface area contributed by atoms with Crippen molar-refractivity contribution >= 4 is 0 Å². The lowest BCUT2D eigenvalue weighted by molar-refractivity contribution is 0.248. The molecule has 0 amide bonds. The van der Waals surface area contributed by atoms with Gasteiger partial charge in [-0.15, -0.1) is 0 Å². The fourth-order valence-electron chi connectivity index (χ4n) is 1.86. The van der Waals surface area contributed by atoms with Gasteiger partial charge in [0.15, 0.2) is 5.76 Å². The molecule has 20 heavy (non-hydrogen) atoms. The summed E-state index contributed by atoms with van der Waals surface area (Å²) in [6, 6.07) is 10.1. The van der Waals surface area contributed by atoms with Crippen molar-refractivity contribution in [3.63, 3.8) is 0 Å². The maximum absolute atomic E-state index is 5.69. The Labute approximate surface area is 120 Å². The van der Waals surface area contributed by atoms with Crippen molar-refractivity contribution in [2.45, 2.75) is 39.8 Å². The lowest BCUT2D eigenvalue weighted by Crippen LogP contribution is -2.11. The van der Waals surface area contributed by atoms with E-state index in [9.17, 15) is 0 Å². The van der Waals surface area contributed by atoms with Gasteiger partial charge in [0.25, 0.3) is 0 Å². The van der Waals surface area contributed by atoms with E-state index in [0.717, 1.165) is 30.3 Å². The minimum absolute atomic E-state index is 0.403. The average molecular weight is 274 g/mol. The SMILES string of the molecule is CCNCc1cc(COc2ccc(C(C)C)cc2)on1. The molecule has 0 saturated heterocycles. The molecule has 1 aromatic carbocycles. The van der Waals surface area contributed by atoms with Crippen LogP contribution in [-0.4, -0.2) is 11.7 Å². The van der Waals surface area contributed by atoms with Crippen LogP contribution in [0.3, 0.4) is 0 Å². The molecule has 1 heterocycles. The van der Waals surface area contributed by atoms with Crippen molar-refractivity contribution in [2.75, 3.05) is 6.54 Å². The Morgan fingerprint density at radius 2 is 2.00 bits per heavy atom. The fraction of sp³-hybridized carbons (Fsp3) is 0.438. The molecule has 1 aromatic heterocycles. The van der Waals surface area contributed by atoms with Crippen LogP contribution < -0.4 is 10.1 Å². The highest BCUT2D eigenvalue weighted by Crippen LogP contribution is 2.19. The van der Waals surface area contributed by atoms with E-state index in [1.165, 1.54) is 5.56 Å². The van der Waals surface area contributed by atoms with E-state index in [4.69, 9.17) is 9.26 Å². The quantitative estimate of drug-likeness (QED) is 0.839. The van der Waals surface area contributed by atoms with Gasteiger partial charge in [-0.3, -0.25) is 0 Å². The molecule has 0 aliphatic heterocycles. The zero-order valence-corrected chi connectivity index (χ0v) is 12.3. The van der Waals surface area contributed by atoms with Crippen LogP contribution in [0.1, 0.15) is 43.7 Å². The summed E-state index contributed by atoms with van der Waals surface area (Å²) in [5, 5.41) is 7.19. The van der Waals surface area contributed by atoms with Crippen molar-refractivity contribution in [3.05, 3.63) is 47.3 Å². The van der Waals surface area contributed by atoms with Gasteiger partial charge in [-0.2, -0.15) is 0 Å². The molecule has 0 aliphatic rings. The monoisotopic (exact) mass is 274 g/mol. The van der Waals surface area contributed by atoms with Gasteiger partial charge in [-0.05, 0) is 30.2 Å². The maximum Gasteiger partial charge on any atom is 0.174 e. The summed E-state index contributed by atoms with van der Waals surface area (Å²) in [6.07, 6.45) is 0. The maximum atomic E-state index is 5.69. The molecule has 0 bridgehead atoms. The highest BCUT2D eigenvalue weighted by Gasteiger charge is 2.05. The second-order valence-electron chi connectivity index (χ2n) is 5.08. The second-order valence-corrected chi connectivity index (χ2v) is 5.08. The van der Waals surface area contributed by atoms with E-state index in [2.05, 4.69) is 43.4 Å². The summed E-state index contributed by atoms with van der Waals surface area (Å²) in [5.41, 5.74) is 2.21. The number of ether oxygens (including phenoxy) is 1. The van der Waals surface area contributed by atoms with Gasteiger partial charge in [0.1, 0.15) is 12.4 Å². The Kier molecular flexibility index (Phi) is 5.18. The standard InChI is InChI=1S/C16H22N2O2/c1-4-17-10-14-9-16(20-18-14)11-19-15-7-5-13(6-8-15)12(2)3/h5-9,12,17H,4,10-11H2,1-3H3. The van der Waals surface area contributed by atoms with E-state index in [1.54, 1.807) is 0 Å². The van der Waals surface area contributed by atoms with Gasteiger partial charge in [0, 0.05) is 12.6 Å². The van der Waals surface area contributed by atoms with E-state index < -0.39 is 0 Å². The predicted octanol–water partition coefficient (Wildman–Crippen LogP) is 3.49. The lowest BCUT2D eigenvalue weighted by Gasteiger charge is -2.07. The molecule has 0 spiro atoms. The molecule has 4 heteroatoms. The molecule has 0 aliphatic carbocycles. The Morgan fingerprint density at radius 1 is 1.25 bits per heavy atom. The van der Waals surface area contributed by atoms with Crippen LogP contribution in [0, 0.1) is 0 Å². The lowest BCUT2D eigenvalue weighted by atomic mass is 10.0. The zero-order valence-electron chi connectivity index (χ0n) is 12.3. The van der Waals surface area contributed by atoms with E-state index in [-0.39, 0.29) is 0 Å². The Bertz CT molecular complexity index is 518. The summed E-state index contributed by atoms with van der Waals surface area (Å²) in [7, 11) is 0. The third-order valence-corrected chi connectivity index (χ3v) is 3.09. The first-order valence-electron chi connectivity index (χ1n) is 7.07. The fourth-order valence-corrected chi connectivity index (χ4v) is 1.86. The minimum atomic E-state index is 0.403. The van der Waals surface area contributed by atoms with Crippen LogP contribution in [0.15, 0.2) is 34.9 Å². The van der Waals surface area contributed by atoms with Crippen LogP contribution in [0.2, 0.25) is 0 Å². The third-order valence-electron chi connectivity index (χ3n) is 3.09. The highest BCUT2D eigenvalue weighted by molar-refractivity contribution is 5.29. The molecule has 0 saturated carbocycles. The molecule has 1 N–H and O–H groups in total. The summed E-state index contributed by atoms with van der Waals surface area (Å²) in [5.74, 6) is 2.12. The van der Waals surface area contributed by atoms with Crippen LogP contribution in [0.4, 0.5) is 0 Å². The van der Waals surface area contributed by atoms with Crippen molar-refractivity contribution in [1.82, 2.24) is 10.5 Å². The number of nitrogens with zero attached hydrogens (tertiary/aromatic N) is 1. The van der Waals surface area contributed by atoms with Crippen molar-refractivity contribution < 1.29 is 9.26 Å². The molecule has 4 nitrogen and oxygen atoms in total. The highest BCUT2D eigenvalue weighted by atomic mass is 16.5. The van der Waals surface area contributed by atoms with Gasteiger partial charge in [0.2, 0.25) is 0 Å². The molecule has 108 valence electrons. The number of rotatable bonds is 7. The van der Waals surface area contributed by atoms with Gasteiger partial charge in [-0.25, -0.2) is 0 Å². The van der Waals surface area contributed by atoms with Gasteiger partial charge >= 0.3 is 0 Å². The van der Waals surface area contributed by atoms with Crippen molar-refractivity contribution in [3.8, 4) is 5.75 Å². The minimum Gasteiger partial charge on any atom is -0.486 e. The predicted molar refractivity (Wildman–Crippen MR) is 78.7 cm³/mol. The van der Waals surface area contributed by atoms with Crippen LogP contribution >= 0.6 is 0 Å². The largest absolute Gasteiger partial charge is 0.486 e. The van der Waals surface area contributed by atoms with Gasteiger partial charge in [0.05, 0.1) is 5.69 Å². The van der Waals surface area contributed by atoms with E-state index >= 15 is 0 Å². The van der Waals surface area contributed by atoms with E-state index in [1.807, 2.05) is 18.2 Å². The summed E-state index contributed by atoms with van der Waals surface area (Å²) >= 11 is 0. The van der Waals surface area contributed by atoms with Crippen molar-refractivity contribution in [1.29, 1.82) is 0 Å². The number of hydrogen-bond acceptors (Lipinski definition) is 4. The summed E-state index contributed by atoms with van der Waals surface area (Å²) in [4.78, 5) is 0. The van der Waals surface area contributed by atoms with Crippen molar-refractivity contribution in [2.24, 2.45) is 0 Å². The Morgan fingerprint density at radius 3 is 2.65 bits per heavy atom. The normalized spacial score (nSPS) is 11.0. The molecule has 0 fully saturated rings. The number of nitrogens with one attached hydrogen (secondary N) is 1. The first-order valence-corrected chi connectivity index (χ1v) is 7.07. The van der Waals surface area contributed by atoms with Gasteiger partial charge < -0.3 is 14.6 Å². The van der Waals surface area contributed by atoms with E-state index in [0.29, 0.717) is 12.5 Å². The number of aromatic nitrogens is 1. The number of benzene rings is 1. The molecule has 0 radical (unpaired) electrons. The first-order chi connectivity index (χ1) is 9.69. The average Bonchev–Trinajstić information content (AvgIpc) is 2.91. The summed E-state index contributed by atoms with van der Waals surface area (Å²) in [6.45, 7) is 8.46. The topological polar surface area (TPSA) is 47.3 Å². The number of hydrogen-bond donors (Lipinski definition) is 1. The molecule has 2 aromatic rings. The molecule has 2 rings (SSSR count). The smallest absolute Gasteiger partial charge is 0.174 e. The van der Waals surface area contributed by atoms with Gasteiger partial charge in [-0.1, -0.05) is 38.1 Å². The molecular formula is C16H22N2O2. The molecule has 0 unspecified atom stereocenters. The van der Waals surface area contributed by atoms with Crippen LogP contribution in [0.25, 0.3) is 0 Å². The molecular weight excluding hydrogens is 252 g/mol.